The van der Waals surface area contributed by atoms with Gasteiger partial charge in [-0.25, -0.2) is 10.2 Å². The van der Waals surface area contributed by atoms with E-state index < -0.39 is 6.03 Å². The number of anilines is 3. The Hall–Kier alpha value is -4.15. The number of hydrogen-bond acceptors (Lipinski definition) is 6. The van der Waals surface area contributed by atoms with Gasteiger partial charge in [0.25, 0.3) is 5.91 Å². The first-order chi connectivity index (χ1) is 16.9. The second-order valence-electron chi connectivity index (χ2n) is 7.20. The third kappa shape index (κ3) is 5.86. The lowest BCUT2D eigenvalue weighted by molar-refractivity contribution is -0.120. The van der Waals surface area contributed by atoms with Crippen molar-refractivity contribution in [3.8, 4) is 11.5 Å². The highest BCUT2D eigenvalue weighted by molar-refractivity contribution is 7.80. The highest BCUT2D eigenvalue weighted by atomic mass is 35.5. The van der Waals surface area contributed by atoms with Gasteiger partial charge in [-0.15, -0.1) is 0 Å². The van der Waals surface area contributed by atoms with E-state index in [0.717, 1.165) is 0 Å². The fourth-order valence-electron chi connectivity index (χ4n) is 3.21. The van der Waals surface area contributed by atoms with Crippen molar-refractivity contribution in [3.05, 3.63) is 77.3 Å². The van der Waals surface area contributed by atoms with Gasteiger partial charge in [-0.3, -0.25) is 9.69 Å². The fraction of sp³-hybridized carbons (Fsp3) is 0.0833. The first-order valence-corrected chi connectivity index (χ1v) is 11.1. The van der Waals surface area contributed by atoms with Gasteiger partial charge >= 0.3 is 6.03 Å². The number of methoxy groups -OCH3 is 1. The number of nitrogens with zero attached hydrogens (tertiary/aromatic N) is 2. The van der Waals surface area contributed by atoms with Crippen molar-refractivity contribution in [2.75, 3.05) is 29.3 Å². The van der Waals surface area contributed by atoms with Gasteiger partial charge in [0.15, 0.2) is 11.7 Å². The summed E-state index contributed by atoms with van der Waals surface area (Å²) >= 11 is 11.5. The molecule has 0 atom stereocenters. The molecule has 0 aromatic heterocycles. The van der Waals surface area contributed by atoms with E-state index in [1.165, 1.54) is 11.1 Å². The number of carbonyl (C=O) groups is 2. The number of halogens is 1. The lowest BCUT2D eigenvalue weighted by Crippen LogP contribution is -2.45. The summed E-state index contributed by atoms with van der Waals surface area (Å²) < 4.78 is 10.7. The van der Waals surface area contributed by atoms with Crippen LogP contribution in [0.25, 0.3) is 0 Å². The van der Waals surface area contributed by atoms with Crippen molar-refractivity contribution in [3.63, 3.8) is 0 Å². The third-order valence-electron chi connectivity index (χ3n) is 4.88. The van der Waals surface area contributed by atoms with Crippen molar-refractivity contribution in [1.82, 2.24) is 5.43 Å². The van der Waals surface area contributed by atoms with Gasteiger partial charge in [-0.2, -0.15) is 5.10 Å². The minimum atomic E-state index is -0.561. The Bertz CT molecular complexity index is 1300. The normalized spacial score (nSPS) is 12.5. The Labute approximate surface area is 211 Å². The zero-order chi connectivity index (χ0) is 24.8. The lowest BCUT2D eigenvalue weighted by atomic mass is 10.2. The standard InChI is InChI=1S/C24H20ClN5O4S/c1-33-18-9-6-16(7-10-18)28-24(35)30-20-11-8-17(12-21(20)34-14-22(30)31)27-23(32)29-26-13-15-4-2-3-5-19(15)25/h2-13H,14H2,1H3,(H,28,35)(H2,27,29,32)/b26-13-. The first kappa shape index (κ1) is 24.0. The van der Waals surface area contributed by atoms with Crippen LogP contribution in [-0.4, -0.2) is 37.0 Å². The van der Waals surface area contributed by atoms with Crippen LogP contribution in [-0.2, 0) is 4.79 Å². The quantitative estimate of drug-likeness (QED) is 0.263. The molecule has 9 nitrogen and oxygen atoms in total. The van der Waals surface area contributed by atoms with Crippen molar-refractivity contribution < 1.29 is 19.1 Å². The molecule has 0 saturated heterocycles. The molecule has 35 heavy (non-hydrogen) atoms. The molecular weight excluding hydrogens is 490 g/mol. The Kier molecular flexibility index (Phi) is 7.44. The molecule has 4 rings (SSSR count). The number of hydrazone groups is 1. The summed E-state index contributed by atoms with van der Waals surface area (Å²) in [5.74, 6) is 0.768. The zero-order valence-electron chi connectivity index (χ0n) is 18.4. The van der Waals surface area contributed by atoms with E-state index in [4.69, 9.17) is 33.3 Å². The number of carbonyl (C=O) groups excluding carboxylic acids is 2. The molecule has 3 aromatic rings. The van der Waals surface area contributed by atoms with Crippen LogP contribution >= 0.6 is 23.8 Å². The van der Waals surface area contributed by atoms with E-state index in [-0.39, 0.29) is 17.6 Å². The summed E-state index contributed by atoms with van der Waals surface area (Å²) in [7, 11) is 1.58. The average molecular weight is 510 g/mol. The second kappa shape index (κ2) is 10.9. The van der Waals surface area contributed by atoms with Crippen molar-refractivity contribution in [2.24, 2.45) is 5.10 Å². The molecule has 1 aliphatic rings. The van der Waals surface area contributed by atoms with Crippen LogP contribution in [0.5, 0.6) is 11.5 Å². The molecule has 3 amide bonds. The predicted octanol–water partition coefficient (Wildman–Crippen LogP) is 4.63. The van der Waals surface area contributed by atoms with E-state index in [9.17, 15) is 9.59 Å². The van der Waals surface area contributed by atoms with Gasteiger partial charge in [0, 0.05) is 28.0 Å². The van der Waals surface area contributed by atoms with Crippen LogP contribution in [0.1, 0.15) is 5.56 Å². The second-order valence-corrected chi connectivity index (χ2v) is 8.00. The van der Waals surface area contributed by atoms with Gasteiger partial charge in [-0.05, 0) is 54.7 Å². The van der Waals surface area contributed by atoms with Gasteiger partial charge < -0.3 is 20.1 Å². The molecule has 11 heteroatoms. The molecule has 178 valence electrons. The summed E-state index contributed by atoms with van der Waals surface area (Å²) in [6.45, 7) is -0.199. The van der Waals surface area contributed by atoms with Crippen LogP contribution in [0.4, 0.5) is 21.9 Å². The summed E-state index contributed by atoms with van der Waals surface area (Å²) in [5.41, 5.74) is 4.63. The fourth-order valence-corrected chi connectivity index (χ4v) is 3.71. The summed E-state index contributed by atoms with van der Waals surface area (Å²) in [5, 5.41) is 10.3. The Morgan fingerprint density at radius 2 is 1.86 bits per heavy atom. The van der Waals surface area contributed by atoms with Crippen LogP contribution in [0.15, 0.2) is 71.8 Å². The Morgan fingerprint density at radius 1 is 1.11 bits per heavy atom. The molecule has 1 heterocycles. The van der Waals surface area contributed by atoms with Crippen LogP contribution in [0.2, 0.25) is 5.02 Å². The smallest absolute Gasteiger partial charge is 0.339 e. The molecule has 0 saturated carbocycles. The summed E-state index contributed by atoms with van der Waals surface area (Å²) in [4.78, 5) is 26.1. The predicted molar refractivity (Wildman–Crippen MR) is 140 cm³/mol. The highest BCUT2D eigenvalue weighted by Crippen LogP contribution is 2.35. The monoisotopic (exact) mass is 509 g/mol. The number of ether oxygens (including phenoxy) is 2. The zero-order valence-corrected chi connectivity index (χ0v) is 20.0. The first-order valence-electron chi connectivity index (χ1n) is 10.3. The summed E-state index contributed by atoms with van der Waals surface area (Å²) in [6.07, 6.45) is 1.44. The van der Waals surface area contributed by atoms with E-state index in [0.29, 0.717) is 39.1 Å². The van der Waals surface area contributed by atoms with Gasteiger partial charge in [0.1, 0.15) is 11.5 Å². The maximum Gasteiger partial charge on any atom is 0.339 e. The van der Waals surface area contributed by atoms with Crippen molar-refractivity contribution in [1.29, 1.82) is 0 Å². The number of rotatable bonds is 5. The van der Waals surface area contributed by atoms with E-state index in [1.807, 2.05) is 6.07 Å². The maximum atomic E-state index is 12.6. The van der Waals surface area contributed by atoms with Crippen molar-refractivity contribution >= 4 is 64.1 Å². The topological polar surface area (TPSA) is 104 Å². The molecule has 3 N–H and O–H groups in total. The largest absolute Gasteiger partial charge is 0.497 e. The minimum absolute atomic E-state index is 0.192. The maximum absolute atomic E-state index is 12.6. The molecule has 0 bridgehead atoms. The average Bonchev–Trinajstić information content (AvgIpc) is 2.85. The molecular formula is C24H20ClN5O4S. The van der Waals surface area contributed by atoms with Crippen LogP contribution < -0.4 is 30.4 Å². The van der Waals surface area contributed by atoms with Crippen LogP contribution in [0, 0.1) is 0 Å². The lowest BCUT2D eigenvalue weighted by Gasteiger charge is -2.30. The highest BCUT2D eigenvalue weighted by Gasteiger charge is 2.29. The molecule has 0 fully saturated rings. The molecule has 0 spiro atoms. The van der Waals surface area contributed by atoms with Crippen LogP contribution in [0.3, 0.4) is 0 Å². The number of thiocarbonyl (C=S) groups is 1. The molecule has 1 aliphatic heterocycles. The number of fused-ring (bicyclic) bond motifs is 1. The van der Waals surface area contributed by atoms with Gasteiger partial charge in [0.2, 0.25) is 0 Å². The summed E-state index contributed by atoms with van der Waals surface area (Å²) in [6, 6.07) is 18.5. The number of hydrogen-bond donors (Lipinski definition) is 3. The Balaban J connectivity index is 1.42. The Morgan fingerprint density at radius 3 is 2.60 bits per heavy atom. The van der Waals surface area contributed by atoms with Crippen molar-refractivity contribution in [2.45, 2.75) is 0 Å². The number of nitrogens with one attached hydrogen (secondary N) is 3. The molecule has 3 aromatic carbocycles. The SMILES string of the molecule is COc1ccc(NC(=S)N2C(=O)COc3cc(NC(=O)N/N=C\c4ccccc4Cl)ccc32)cc1. The molecule has 0 unspecified atom stereocenters. The van der Waals surface area contributed by atoms with Gasteiger partial charge in [-0.1, -0.05) is 29.8 Å². The van der Waals surface area contributed by atoms with E-state index >= 15 is 0 Å². The number of benzene rings is 3. The van der Waals surface area contributed by atoms with E-state index in [1.54, 1.807) is 67.8 Å². The number of amides is 3. The van der Waals surface area contributed by atoms with Gasteiger partial charge in [0.05, 0.1) is 19.0 Å². The molecule has 0 radical (unpaired) electrons. The molecule has 0 aliphatic carbocycles. The third-order valence-corrected chi connectivity index (χ3v) is 5.51. The minimum Gasteiger partial charge on any atom is -0.497 e. The number of urea groups is 1. The van der Waals surface area contributed by atoms with E-state index in [2.05, 4.69) is 21.2 Å².